The van der Waals surface area contributed by atoms with Crippen molar-refractivity contribution in [2.75, 3.05) is 31.3 Å². The van der Waals surface area contributed by atoms with Gasteiger partial charge in [0.05, 0.1) is 17.9 Å². The highest BCUT2D eigenvalue weighted by molar-refractivity contribution is 6.02. The van der Waals surface area contributed by atoms with Crippen molar-refractivity contribution in [1.29, 1.82) is 0 Å². The molecule has 28 heavy (non-hydrogen) atoms. The molecule has 150 valence electrons. The minimum absolute atomic E-state index is 0.153. The maximum absolute atomic E-state index is 12.9. The van der Waals surface area contributed by atoms with Gasteiger partial charge in [0.2, 0.25) is 5.91 Å². The maximum atomic E-state index is 12.9. The van der Waals surface area contributed by atoms with E-state index in [9.17, 15) is 9.59 Å². The number of anilines is 2. The Hall–Kier alpha value is -2.86. The third-order valence-corrected chi connectivity index (χ3v) is 4.07. The second kappa shape index (κ2) is 8.89. The lowest BCUT2D eigenvalue weighted by molar-refractivity contribution is -0.128. The molecule has 0 aliphatic rings. The van der Waals surface area contributed by atoms with Crippen LogP contribution >= 0.6 is 0 Å². The van der Waals surface area contributed by atoms with E-state index in [1.165, 1.54) is 0 Å². The number of carbonyl (C=O) groups excluding carboxylic acids is 2. The van der Waals surface area contributed by atoms with Crippen LogP contribution in [-0.4, -0.2) is 43.0 Å². The number of amides is 2. The quantitative estimate of drug-likeness (QED) is 0.766. The Labute approximate surface area is 166 Å². The van der Waals surface area contributed by atoms with E-state index in [1.807, 2.05) is 64.3 Å². The van der Waals surface area contributed by atoms with E-state index in [0.29, 0.717) is 17.1 Å². The summed E-state index contributed by atoms with van der Waals surface area (Å²) in [5.41, 5.74) is 2.02. The van der Waals surface area contributed by atoms with Crippen LogP contribution in [0.1, 0.15) is 25.0 Å². The first kappa shape index (κ1) is 21.4. The first-order valence-electron chi connectivity index (χ1n) is 9.19. The Morgan fingerprint density at radius 2 is 1.64 bits per heavy atom. The summed E-state index contributed by atoms with van der Waals surface area (Å²) in [7, 11) is 3.64. The molecular weight excluding hydrogens is 354 g/mol. The van der Waals surface area contributed by atoms with E-state index < -0.39 is 5.60 Å². The van der Waals surface area contributed by atoms with Crippen LogP contribution in [0.4, 0.5) is 11.4 Å². The van der Waals surface area contributed by atoms with Gasteiger partial charge in [0, 0.05) is 0 Å². The Morgan fingerprint density at radius 1 is 0.964 bits per heavy atom. The molecule has 0 aliphatic carbocycles. The van der Waals surface area contributed by atoms with E-state index in [-0.39, 0.29) is 18.4 Å². The van der Waals surface area contributed by atoms with Gasteiger partial charge in [0.1, 0.15) is 5.75 Å². The highest BCUT2D eigenvalue weighted by Crippen LogP contribution is 2.26. The Kier molecular flexibility index (Phi) is 6.80. The number of hydrogen-bond donors (Lipinski definition) is 2. The van der Waals surface area contributed by atoms with Gasteiger partial charge in [-0.15, -0.1) is 0 Å². The normalized spacial score (nSPS) is 11.2. The molecular formula is C22H29N3O3. The predicted octanol–water partition coefficient (Wildman–Crippen LogP) is 3.60. The number of benzene rings is 2. The highest BCUT2D eigenvalue weighted by Gasteiger charge is 2.30. The number of hydrogen-bond acceptors (Lipinski definition) is 4. The van der Waals surface area contributed by atoms with Gasteiger partial charge in [-0.3, -0.25) is 9.59 Å². The van der Waals surface area contributed by atoms with Crippen LogP contribution < -0.4 is 15.4 Å². The third kappa shape index (κ3) is 6.09. The van der Waals surface area contributed by atoms with Crippen molar-refractivity contribution in [2.24, 2.45) is 0 Å². The minimum Gasteiger partial charge on any atom is -0.478 e. The van der Waals surface area contributed by atoms with E-state index >= 15 is 0 Å². The van der Waals surface area contributed by atoms with Crippen LogP contribution in [0.3, 0.4) is 0 Å². The molecule has 0 radical (unpaired) electrons. The summed E-state index contributed by atoms with van der Waals surface area (Å²) in [5, 5.41) is 5.74. The van der Waals surface area contributed by atoms with Gasteiger partial charge in [0.25, 0.3) is 5.91 Å². The lowest BCUT2D eigenvalue weighted by atomic mass is 10.1. The minimum atomic E-state index is -1.09. The molecule has 0 aromatic heterocycles. The van der Waals surface area contributed by atoms with Crippen molar-refractivity contribution in [3.63, 3.8) is 0 Å². The van der Waals surface area contributed by atoms with Crippen molar-refractivity contribution in [2.45, 2.75) is 33.3 Å². The summed E-state index contributed by atoms with van der Waals surface area (Å²) in [6, 6.07) is 13.1. The Balaban J connectivity index is 2.17. The zero-order valence-electron chi connectivity index (χ0n) is 17.4. The largest absolute Gasteiger partial charge is 0.478 e. The molecule has 2 amide bonds. The molecule has 2 aromatic rings. The second-order valence-electron chi connectivity index (χ2n) is 7.72. The lowest BCUT2D eigenvalue weighted by Crippen LogP contribution is -2.42. The third-order valence-electron chi connectivity index (χ3n) is 4.07. The number of likely N-dealkylation sites (N-methyl/N-ethyl adjacent to an activating group) is 1. The van der Waals surface area contributed by atoms with E-state index in [4.69, 9.17) is 4.74 Å². The molecule has 0 heterocycles. The van der Waals surface area contributed by atoms with Crippen molar-refractivity contribution in [3.8, 4) is 5.75 Å². The fourth-order valence-corrected chi connectivity index (χ4v) is 2.64. The fourth-order valence-electron chi connectivity index (χ4n) is 2.64. The molecule has 0 unspecified atom stereocenters. The maximum Gasteiger partial charge on any atom is 0.268 e. The summed E-state index contributed by atoms with van der Waals surface area (Å²) in [5.74, 6) is 0.172. The topological polar surface area (TPSA) is 70.7 Å². The second-order valence-corrected chi connectivity index (χ2v) is 7.72. The van der Waals surface area contributed by atoms with E-state index in [1.54, 1.807) is 24.8 Å². The first-order valence-corrected chi connectivity index (χ1v) is 9.19. The summed E-state index contributed by atoms with van der Waals surface area (Å²) in [6.07, 6.45) is 0. The van der Waals surface area contributed by atoms with Crippen LogP contribution in [0.5, 0.6) is 5.75 Å². The standard InChI is InChI=1S/C22H29N3O3/c1-15-8-7-9-17(12-15)28-22(3,4)21(27)24-19-13-16(2)10-11-18(19)23-20(26)14-25(5)6/h7-13H,14H2,1-6H3,(H,23,26)(H,24,27). The average molecular weight is 383 g/mol. The number of nitrogens with one attached hydrogen (secondary N) is 2. The molecule has 0 aliphatic heterocycles. The summed E-state index contributed by atoms with van der Waals surface area (Å²) in [4.78, 5) is 26.8. The van der Waals surface area contributed by atoms with Gasteiger partial charge >= 0.3 is 0 Å². The molecule has 0 bridgehead atoms. The zero-order valence-corrected chi connectivity index (χ0v) is 17.4. The van der Waals surface area contributed by atoms with Crippen LogP contribution in [0, 0.1) is 13.8 Å². The molecule has 0 fully saturated rings. The van der Waals surface area contributed by atoms with Crippen molar-refractivity contribution in [3.05, 3.63) is 53.6 Å². The predicted molar refractivity (Wildman–Crippen MR) is 113 cm³/mol. The Bertz CT molecular complexity index is 860. The number of rotatable bonds is 7. The monoisotopic (exact) mass is 383 g/mol. The molecule has 2 N–H and O–H groups in total. The van der Waals surface area contributed by atoms with Crippen LogP contribution in [0.15, 0.2) is 42.5 Å². The molecule has 6 heteroatoms. The van der Waals surface area contributed by atoms with Crippen LogP contribution in [0.2, 0.25) is 0 Å². The van der Waals surface area contributed by atoms with Crippen molar-refractivity contribution >= 4 is 23.2 Å². The molecule has 0 atom stereocenters. The van der Waals surface area contributed by atoms with Gasteiger partial charge < -0.3 is 20.3 Å². The van der Waals surface area contributed by atoms with E-state index in [2.05, 4.69) is 10.6 Å². The molecule has 0 saturated carbocycles. The molecule has 0 saturated heterocycles. The Morgan fingerprint density at radius 3 is 2.29 bits per heavy atom. The number of ether oxygens (including phenoxy) is 1. The van der Waals surface area contributed by atoms with Crippen molar-refractivity contribution in [1.82, 2.24) is 4.90 Å². The summed E-state index contributed by atoms with van der Waals surface area (Å²) < 4.78 is 5.91. The highest BCUT2D eigenvalue weighted by atomic mass is 16.5. The smallest absolute Gasteiger partial charge is 0.268 e. The average Bonchev–Trinajstić information content (AvgIpc) is 2.56. The fraction of sp³-hybridized carbons (Fsp3) is 0.364. The number of nitrogens with zero attached hydrogens (tertiary/aromatic N) is 1. The van der Waals surface area contributed by atoms with Crippen LogP contribution in [0.25, 0.3) is 0 Å². The molecule has 2 aromatic carbocycles. The lowest BCUT2D eigenvalue weighted by Gasteiger charge is -2.26. The zero-order chi connectivity index (χ0) is 20.9. The molecule has 2 rings (SSSR count). The molecule has 6 nitrogen and oxygen atoms in total. The van der Waals surface area contributed by atoms with Gasteiger partial charge in [-0.05, 0) is 77.2 Å². The summed E-state index contributed by atoms with van der Waals surface area (Å²) >= 11 is 0. The van der Waals surface area contributed by atoms with Gasteiger partial charge in [-0.1, -0.05) is 18.2 Å². The van der Waals surface area contributed by atoms with Gasteiger partial charge in [-0.2, -0.15) is 0 Å². The van der Waals surface area contributed by atoms with E-state index in [0.717, 1.165) is 11.1 Å². The van der Waals surface area contributed by atoms with Gasteiger partial charge in [-0.25, -0.2) is 0 Å². The first-order chi connectivity index (χ1) is 13.1. The number of aryl methyl sites for hydroxylation is 2. The van der Waals surface area contributed by atoms with Crippen LogP contribution in [-0.2, 0) is 9.59 Å². The molecule has 0 spiro atoms. The van der Waals surface area contributed by atoms with Gasteiger partial charge in [0.15, 0.2) is 5.60 Å². The SMILES string of the molecule is Cc1cccc(OC(C)(C)C(=O)Nc2cc(C)ccc2NC(=O)CN(C)C)c1. The van der Waals surface area contributed by atoms with Crippen molar-refractivity contribution < 1.29 is 14.3 Å². The number of carbonyl (C=O) groups is 2. The summed E-state index contributed by atoms with van der Waals surface area (Å²) in [6.45, 7) is 7.57.